The molecular formula is C67H129NO13. The molecule has 0 aliphatic carbocycles. The molecule has 12 unspecified atom stereocenters. The summed E-state index contributed by atoms with van der Waals surface area (Å²) < 4.78 is 22.9. The van der Waals surface area contributed by atoms with E-state index in [1.165, 1.54) is 238 Å². The summed E-state index contributed by atoms with van der Waals surface area (Å²) >= 11 is 0. The smallest absolute Gasteiger partial charge is 0.220 e. The van der Waals surface area contributed by atoms with E-state index < -0.39 is 86.8 Å². The number of unbranched alkanes of at least 4 members (excludes halogenated alkanes) is 42. The number of allylic oxidation sites excluding steroid dienone is 2. The van der Waals surface area contributed by atoms with Crippen LogP contribution in [0, 0.1) is 0 Å². The van der Waals surface area contributed by atoms with Crippen molar-refractivity contribution in [1.29, 1.82) is 0 Å². The minimum absolute atomic E-state index is 0.203. The number of hydrogen-bond donors (Lipinski definition) is 9. The highest BCUT2D eigenvalue weighted by atomic mass is 16.7. The molecule has 0 aromatic rings. The van der Waals surface area contributed by atoms with Crippen molar-refractivity contribution in [3.8, 4) is 0 Å². The molecule has 9 N–H and O–H groups in total. The summed E-state index contributed by atoms with van der Waals surface area (Å²) in [5, 5.41) is 87.5. The molecule has 0 spiro atoms. The predicted octanol–water partition coefficient (Wildman–Crippen LogP) is 13.4. The van der Waals surface area contributed by atoms with Crippen LogP contribution in [-0.4, -0.2) is 140 Å². The number of ether oxygens (including phenoxy) is 4. The van der Waals surface area contributed by atoms with Crippen LogP contribution in [0.2, 0.25) is 0 Å². The van der Waals surface area contributed by atoms with E-state index in [1.807, 2.05) is 0 Å². The fourth-order valence-corrected chi connectivity index (χ4v) is 11.7. The van der Waals surface area contributed by atoms with Gasteiger partial charge in [-0.25, -0.2) is 0 Å². The Balaban J connectivity index is 1.67. The number of rotatable bonds is 57. The standard InChI is InChI=1S/C67H129NO13/c1-3-5-7-9-11-13-15-17-19-21-23-24-25-26-27-28-29-30-31-33-34-36-38-40-42-44-46-48-50-56(71)55(68-59(72)51-49-47-45-43-41-39-37-35-32-22-20-18-16-14-12-10-8-6-4-2)54-78-66-64(77)62(75)65(58(53-70)80-66)81-67-63(76)61(74)60(73)57(52-69)79-67/h18,20,55-58,60-67,69-71,73-77H,3-17,19,21-54H2,1-2H3,(H,68,72)/b20-18-. The highest BCUT2D eigenvalue weighted by Gasteiger charge is 2.51. The van der Waals surface area contributed by atoms with Gasteiger partial charge in [0.25, 0.3) is 0 Å². The van der Waals surface area contributed by atoms with E-state index in [1.54, 1.807) is 0 Å². The molecule has 2 aliphatic heterocycles. The SMILES string of the molecule is CCCCCCCC/C=C\CCCCCCCCCCCC(=O)NC(COC1OC(CO)C(OC2OC(CO)C(O)C(O)C2O)C(O)C1O)C(O)CCCCCCCCCCCCCCCCCCCCCCCCCCCCCC. The number of carbonyl (C=O) groups excluding carboxylic acids is 1. The molecule has 14 heteroatoms. The Morgan fingerprint density at radius 1 is 0.432 bits per heavy atom. The molecule has 0 aromatic carbocycles. The molecule has 2 rings (SSSR count). The van der Waals surface area contributed by atoms with Gasteiger partial charge in [0.05, 0.1) is 32.0 Å². The lowest BCUT2D eigenvalue weighted by atomic mass is 9.97. The zero-order valence-corrected chi connectivity index (χ0v) is 52.1. The molecule has 1 amide bonds. The second-order valence-corrected chi connectivity index (χ2v) is 24.7. The molecule has 14 nitrogen and oxygen atoms in total. The maximum Gasteiger partial charge on any atom is 0.220 e. The first-order chi connectivity index (χ1) is 39.6. The number of nitrogens with one attached hydrogen (secondary N) is 1. The quantitative estimate of drug-likeness (QED) is 0.0204. The average molecular weight is 1160 g/mol. The van der Waals surface area contributed by atoms with Crippen LogP contribution < -0.4 is 5.32 Å². The third-order valence-electron chi connectivity index (χ3n) is 17.2. The van der Waals surface area contributed by atoms with Crippen molar-refractivity contribution in [2.75, 3.05) is 19.8 Å². The van der Waals surface area contributed by atoms with Crippen LogP contribution in [0.25, 0.3) is 0 Å². The van der Waals surface area contributed by atoms with Crippen LogP contribution in [0.5, 0.6) is 0 Å². The van der Waals surface area contributed by atoms with Crippen molar-refractivity contribution in [1.82, 2.24) is 5.32 Å². The summed E-state index contributed by atoms with van der Waals surface area (Å²) in [4.78, 5) is 13.3. The second-order valence-electron chi connectivity index (χ2n) is 24.7. The van der Waals surface area contributed by atoms with Crippen LogP contribution >= 0.6 is 0 Å². The molecule has 12 atom stereocenters. The predicted molar refractivity (Wildman–Crippen MR) is 328 cm³/mol. The summed E-state index contributed by atoms with van der Waals surface area (Å²) in [6.07, 6.45) is 46.5. The molecular weight excluding hydrogens is 1030 g/mol. The van der Waals surface area contributed by atoms with Crippen LogP contribution in [0.3, 0.4) is 0 Å². The molecule has 81 heavy (non-hydrogen) atoms. The van der Waals surface area contributed by atoms with Crippen LogP contribution in [0.4, 0.5) is 0 Å². The molecule has 480 valence electrons. The van der Waals surface area contributed by atoms with E-state index in [9.17, 15) is 45.6 Å². The lowest BCUT2D eigenvalue weighted by Crippen LogP contribution is -2.65. The molecule has 2 aliphatic rings. The van der Waals surface area contributed by atoms with Gasteiger partial charge in [-0.3, -0.25) is 4.79 Å². The van der Waals surface area contributed by atoms with Gasteiger partial charge in [0.15, 0.2) is 12.6 Å². The third-order valence-corrected chi connectivity index (χ3v) is 17.2. The number of hydrogen-bond acceptors (Lipinski definition) is 13. The highest BCUT2D eigenvalue weighted by Crippen LogP contribution is 2.30. The Morgan fingerprint density at radius 2 is 0.778 bits per heavy atom. The minimum atomic E-state index is -1.78. The topological polar surface area (TPSA) is 228 Å². The number of aliphatic hydroxyl groups is 8. The number of aliphatic hydroxyl groups excluding tert-OH is 8. The summed E-state index contributed by atoms with van der Waals surface area (Å²) in [6.45, 7) is 2.91. The Labute approximate surface area is 495 Å². The monoisotopic (exact) mass is 1160 g/mol. The van der Waals surface area contributed by atoms with Crippen molar-refractivity contribution in [3.05, 3.63) is 12.2 Å². The minimum Gasteiger partial charge on any atom is -0.394 e. The summed E-state index contributed by atoms with van der Waals surface area (Å²) in [7, 11) is 0. The van der Waals surface area contributed by atoms with Crippen molar-refractivity contribution < 1.29 is 64.6 Å². The van der Waals surface area contributed by atoms with Gasteiger partial charge in [-0.2, -0.15) is 0 Å². The molecule has 2 heterocycles. The third kappa shape index (κ3) is 37.8. The maximum atomic E-state index is 13.3. The van der Waals surface area contributed by atoms with Crippen molar-refractivity contribution >= 4 is 5.91 Å². The second kappa shape index (κ2) is 53.0. The van der Waals surface area contributed by atoms with E-state index in [0.29, 0.717) is 12.8 Å². The maximum absolute atomic E-state index is 13.3. The molecule has 0 radical (unpaired) electrons. The largest absolute Gasteiger partial charge is 0.394 e. The molecule has 0 saturated carbocycles. The van der Waals surface area contributed by atoms with E-state index in [4.69, 9.17) is 18.9 Å². The molecule has 2 fully saturated rings. The first-order valence-corrected chi connectivity index (χ1v) is 34.4. The average Bonchev–Trinajstić information content (AvgIpc) is 3.63. The van der Waals surface area contributed by atoms with Crippen molar-refractivity contribution in [2.45, 2.75) is 389 Å². The van der Waals surface area contributed by atoms with Gasteiger partial charge in [-0.05, 0) is 38.5 Å². The zero-order valence-electron chi connectivity index (χ0n) is 52.1. The van der Waals surface area contributed by atoms with Gasteiger partial charge in [-0.1, -0.05) is 283 Å². The van der Waals surface area contributed by atoms with Gasteiger partial charge >= 0.3 is 0 Å². The van der Waals surface area contributed by atoms with Crippen LogP contribution in [-0.2, 0) is 23.7 Å². The van der Waals surface area contributed by atoms with E-state index >= 15 is 0 Å². The van der Waals surface area contributed by atoms with Gasteiger partial charge in [0, 0.05) is 6.42 Å². The van der Waals surface area contributed by atoms with Gasteiger partial charge < -0.3 is 65.1 Å². The highest BCUT2D eigenvalue weighted by molar-refractivity contribution is 5.76. The number of amides is 1. The lowest BCUT2D eigenvalue weighted by molar-refractivity contribution is -0.359. The van der Waals surface area contributed by atoms with E-state index in [2.05, 4.69) is 31.3 Å². The van der Waals surface area contributed by atoms with Gasteiger partial charge in [-0.15, -0.1) is 0 Å². The van der Waals surface area contributed by atoms with Crippen LogP contribution in [0.1, 0.15) is 316 Å². The Bertz CT molecular complexity index is 1410. The van der Waals surface area contributed by atoms with Crippen molar-refractivity contribution in [2.24, 2.45) is 0 Å². The number of carbonyl (C=O) groups is 1. The normalized spacial score (nSPS) is 24.1. The Morgan fingerprint density at radius 3 is 1.17 bits per heavy atom. The van der Waals surface area contributed by atoms with E-state index in [-0.39, 0.29) is 12.5 Å². The van der Waals surface area contributed by atoms with E-state index in [0.717, 1.165) is 51.4 Å². The van der Waals surface area contributed by atoms with Gasteiger partial charge in [0.1, 0.15) is 48.8 Å². The first-order valence-electron chi connectivity index (χ1n) is 34.4. The Kier molecular flexibility index (Phi) is 49.6. The molecule has 0 aromatic heterocycles. The molecule has 2 saturated heterocycles. The zero-order chi connectivity index (χ0) is 58.8. The fraction of sp³-hybridized carbons (Fsp3) is 0.955. The summed E-state index contributed by atoms with van der Waals surface area (Å²) in [5.41, 5.74) is 0. The van der Waals surface area contributed by atoms with Gasteiger partial charge in [0.2, 0.25) is 5.91 Å². The fourth-order valence-electron chi connectivity index (χ4n) is 11.7. The lowest BCUT2D eigenvalue weighted by Gasteiger charge is -2.46. The molecule has 0 bridgehead atoms. The summed E-state index contributed by atoms with van der Waals surface area (Å²) in [5.74, 6) is -0.203. The van der Waals surface area contributed by atoms with Crippen molar-refractivity contribution in [3.63, 3.8) is 0 Å². The first kappa shape index (κ1) is 75.8. The van der Waals surface area contributed by atoms with Crippen LogP contribution in [0.15, 0.2) is 12.2 Å². The Hall–Kier alpha value is -1.27. The summed E-state index contributed by atoms with van der Waals surface area (Å²) in [6, 6.07) is -0.828.